The van der Waals surface area contributed by atoms with Crippen molar-refractivity contribution in [1.82, 2.24) is 10.2 Å². The molecule has 0 saturated carbocycles. The van der Waals surface area contributed by atoms with Crippen LogP contribution in [0.15, 0.2) is 41.6 Å². The van der Waals surface area contributed by atoms with E-state index in [0.717, 1.165) is 30.8 Å². The first-order valence-electron chi connectivity index (χ1n) is 6.49. The van der Waals surface area contributed by atoms with E-state index in [9.17, 15) is 4.79 Å². The molecule has 0 radical (unpaired) electrons. The van der Waals surface area contributed by atoms with Gasteiger partial charge in [-0.2, -0.15) is 0 Å². The van der Waals surface area contributed by atoms with Gasteiger partial charge in [-0.1, -0.05) is 30.3 Å². The first kappa shape index (κ1) is 13.6. The Balaban J connectivity index is 2.08. The number of esters is 1. The fourth-order valence-corrected chi connectivity index (χ4v) is 2.38. The zero-order chi connectivity index (χ0) is 13.7. The Kier molecular flexibility index (Phi) is 4.58. The minimum Gasteiger partial charge on any atom is -0.466 e. The molecule has 102 valence electrons. The van der Waals surface area contributed by atoms with Crippen LogP contribution in [-0.4, -0.2) is 38.1 Å². The van der Waals surface area contributed by atoms with E-state index in [-0.39, 0.29) is 5.97 Å². The van der Waals surface area contributed by atoms with Crippen molar-refractivity contribution in [3.8, 4) is 0 Å². The Labute approximate surface area is 114 Å². The number of benzene rings is 1. The van der Waals surface area contributed by atoms with Gasteiger partial charge in [0.1, 0.15) is 0 Å². The lowest BCUT2D eigenvalue weighted by atomic mass is 10.0. The summed E-state index contributed by atoms with van der Waals surface area (Å²) in [6, 6.07) is 10.3. The standard InChI is InChI=1S/C15H20N2O2/c1-16-14-8-9-17(11-13(14)15(18)19-2)10-12-6-4-3-5-7-12/h3-7,16H,8-11H2,1-2H3. The van der Waals surface area contributed by atoms with Crippen molar-refractivity contribution in [1.29, 1.82) is 0 Å². The molecule has 1 N–H and O–H groups in total. The smallest absolute Gasteiger partial charge is 0.336 e. The monoisotopic (exact) mass is 260 g/mol. The molecule has 1 aliphatic rings. The summed E-state index contributed by atoms with van der Waals surface area (Å²) in [6.07, 6.45) is 0.855. The third-order valence-electron chi connectivity index (χ3n) is 3.41. The molecule has 1 aliphatic heterocycles. The molecule has 0 aromatic heterocycles. The number of hydrogen-bond donors (Lipinski definition) is 1. The average molecular weight is 260 g/mol. The van der Waals surface area contributed by atoms with Crippen molar-refractivity contribution in [2.75, 3.05) is 27.2 Å². The fourth-order valence-electron chi connectivity index (χ4n) is 2.38. The summed E-state index contributed by atoms with van der Waals surface area (Å²) in [6.45, 7) is 2.45. The lowest BCUT2D eigenvalue weighted by molar-refractivity contribution is -0.136. The van der Waals surface area contributed by atoms with Crippen LogP contribution in [0.2, 0.25) is 0 Å². The third-order valence-corrected chi connectivity index (χ3v) is 3.41. The molecule has 0 amide bonds. The van der Waals surface area contributed by atoms with Gasteiger partial charge in [-0.3, -0.25) is 4.90 Å². The second kappa shape index (κ2) is 6.38. The van der Waals surface area contributed by atoms with Gasteiger partial charge in [0.15, 0.2) is 0 Å². The number of carbonyl (C=O) groups is 1. The topological polar surface area (TPSA) is 41.6 Å². The maximum absolute atomic E-state index is 11.8. The van der Waals surface area contributed by atoms with Crippen LogP contribution in [0.4, 0.5) is 0 Å². The van der Waals surface area contributed by atoms with Crippen LogP contribution < -0.4 is 5.32 Å². The zero-order valence-corrected chi connectivity index (χ0v) is 11.5. The SMILES string of the molecule is CNC1=C(C(=O)OC)CN(Cc2ccccc2)CC1. The van der Waals surface area contributed by atoms with Crippen LogP contribution in [0.25, 0.3) is 0 Å². The summed E-state index contributed by atoms with van der Waals surface area (Å²) >= 11 is 0. The average Bonchev–Trinajstić information content (AvgIpc) is 2.47. The Hall–Kier alpha value is -1.81. The molecule has 0 saturated heterocycles. The van der Waals surface area contributed by atoms with Crippen molar-refractivity contribution in [2.24, 2.45) is 0 Å². The van der Waals surface area contributed by atoms with E-state index in [1.165, 1.54) is 12.7 Å². The van der Waals surface area contributed by atoms with E-state index >= 15 is 0 Å². The summed E-state index contributed by atoms with van der Waals surface area (Å²) < 4.78 is 4.86. The number of nitrogens with zero attached hydrogens (tertiary/aromatic N) is 1. The third kappa shape index (κ3) is 3.35. The van der Waals surface area contributed by atoms with Gasteiger partial charge in [-0.05, 0) is 5.56 Å². The Bertz CT molecular complexity index is 468. The van der Waals surface area contributed by atoms with Gasteiger partial charge in [0.25, 0.3) is 0 Å². The van der Waals surface area contributed by atoms with Crippen LogP contribution in [0.5, 0.6) is 0 Å². The number of ether oxygens (including phenoxy) is 1. The minimum atomic E-state index is -0.234. The number of hydrogen-bond acceptors (Lipinski definition) is 4. The lowest BCUT2D eigenvalue weighted by Gasteiger charge is -2.29. The molecule has 0 fully saturated rings. The Morgan fingerprint density at radius 2 is 2.11 bits per heavy atom. The van der Waals surface area contributed by atoms with E-state index in [1.807, 2.05) is 25.2 Å². The van der Waals surface area contributed by atoms with Crippen molar-refractivity contribution >= 4 is 5.97 Å². The van der Waals surface area contributed by atoms with E-state index in [4.69, 9.17) is 4.74 Å². The highest BCUT2D eigenvalue weighted by atomic mass is 16.5. The normalized spacial score (nSPS) is 16.3. The molecule has 4 nitrogen and oxygen atoms in total. The number of carbonyl (C=O) groups excluding carboxylic acids is 1. The zero-order valence-electron chi connectivity index (χ0n) is 11.5. The number of methoxy groups -OCH3 is 1. The van der Waals surface area contributed by atoms with Crippen molar-refractivity contribution < 1.29 is 9.53 Å². The molecule has 0 unspecified atom stereocenters. The van der Waals surface area contributed by atoms with Gasteiger partial charge in [0.2, 0.25) is 0 Å². The molecule has 4 heteroatoms. The molecule has 0 bridgehead atoms. The van der Waals surface area contributed by atoms with Gasteiger partial charge < -0.3 is 10.1 Å². The maximum atomic E-state index is 11.8. The van der Waals surface area contributed by atoms with Gasteiger partial charge in [-0.25, -0.2) is 4.79 Å². The van der Waals surface area contributed by atoms with Crippen LogP contribution in [-0.2, 0) is 16.1 Å². The molecule has 0 atom stereocenters. The molecular formula is C15H20N2O2. The second-order valence-electron chi connectivity index (χ2n) is 4.64. The van der Waals surface area contributed by atoms with Crippen LogP contribution >= 0.6 is 0 Å². The maximum Gasteiger partial charge on any atom is 0.336 e. The van der Waals surface area contributed by atoms with Crippen molar-refractivity contribution in [3.63, 3.8) is 0 Å². The molecule has 1 heterocycles. The van der Waals surface area contributed by atoms with E-state index in [0.29, 0.717) is 6.54 Å². The highest BCUT2D eigenvalue weighted by Crippen LogP contribution is 2.18. The van der Waals surface area contributed by atoms with E-state index < -0.39 is 0 Å². The number of rotatable bonds is 4. The molecule has 0 spiro atoms. The van der Waals surface area contributed by atoms with Crippen LogP contribution in [0, 0.1) is 0 Å². The molecule has 0 aliphatic carbocycles. The molecule has 19 heavy (non-hydrogen) atoms. The molecule has 1 aromatic carbocycles. The summed E-state index contributed by atoms with van der Waals surface area (Å²) in [5, 5.41) is 3.11. The van der Waals surface area contributed by atoms with Gasteiger partial charge in [0, 0.05) is 38.8 Å². The van der Waals surface area contributed by atoms with Crippen LogP contribution in [0.3, 0.4) is 0 Å². The summed E-state index contributed by atoms with van der Waals surface area (Å²) in [7, 11) is 3.28. The second-order valence-corrected chi connectivity index (χ2v) is 4.64. The van der Waals surface area contributed by atoms with Crippen LogP contribution in [0.1, 0.15) is 12.0 Å². The van der Waals surface area contributed by atoms with E-state index in [2.05, 4.69) is 22.3 Å². The summed E-state index contributed by atoms with van der Waals surface area (Å²) in [5.74, 6) is -0.234. The lowest BCUT2D eigenvalue weighted by Crippen LogP contribution is -2.36. The first-order chi connectivity index (χ1) is 9.24. The Morgan fingerprint density at radius 1 is 1.37 bits per heavy atom. The van der Waals surface area contributed by atoms with Gasteiger partial charge >= 0.3 is 5.97 Å². The predicted molar refractivity (Wildman–Crippen MR) is 74.4 cm³/mol. The highest BCUT2D eigenvalue weighted by molar-refractivity contribution is 5.89. The fraction of sp³-hybridized carbons (Fsp3) is 0.400. The van der Waals surface area contributed by atoms with Crippen molar-refractivity contribution in [2.45, 2.75) is 13.0 Å². The highest BCUT2D eigenvalue weighted by Gasteiger charge is 2.23. The van der Waals surface area contributed by atoms with E-state index in [1.54, 1.807) is 0 Å². The largest absolute Gasteiger partial charge is 0.466 e. The summed E-state index contributed by atoms with van der Waals surface area (Å²) in [5.41, 5.74) is 3.00. The molecule has 1 aromatic rings. The van der Waals surface area contributed by atoms with Gasteiger partial charge in [0.05, 0.1) is 12.7 Å². The van der Waals surface area contributed by atoms with Crippen molar-refractivity contribution in [3.05, 3.63) is 47.2 Å². The minimum absolute atomic E-state index is 0.234. The number of nitrogens with one attached hydrogen (secondary N) is 1. The summed E-state index contributed by atoms with van der Waals surface area (Å²) in [4.78, 5) is 14.1. The predicted octanol–water partition coefficient (Wildman–Crippen LogP) is 1.54. The van der Waals surface area contributed by atoms with Gasteiger partial charge in [-0.15, -0.1) is 0 Å². The molecular weight excluding hydrogens is 240 g/mol. The molecule has 2 rings (SSSR count). The first-order valence-corrected chi connectivity index (χ1v) is 6.49. The Morgan fingerprint density at radius 3 is 2.74 bits per heavy atom. The quantitative estimate of drug-likeness (QED) is 0.834.